The Morgan fingerprint density at radius 1 is 1.07 bits per heavy atom. The molecule has 0 spiro atoms. The predicted molar refractivity (Wildman–Crippen MR) is 134 cm³/mol. The summed E-state index contributed by atoms with van der Waals surface area (Å²) in [6.45, 7) is 4.82. The second kappa shape index (κ2) is 13.4. The summed E-state index contributed by atoms with van der Waals surface area (Å²) in [5, 5.41) is 6.79. The number of pyridine rings is 1. The maximum atomic E-state index is 4.35. The van der Waals surface area contributed by atoms with E-state index < -0.39 is 0 Å². The molecule has 1 atom stereocenters. The van der Waals surface area contributed by atoms with E-state index in [-0.39, 0.29) is 24.0 Å². The molecular weight excluding hydrogens is 475 g/mol. The molecule has 2 aromatic rings. The van der Waals surface area contributed by atoms with E-state index in [0.29, 0.717) is 12.6 Å². The molecule has 0 saturated carbocycles. The van der Waals surface area contributed by atoms with Crippen LogP contribution in [0.1, 0.15) is 24.5 Å². The van der Waals surface area contributed by atoms with Crippen molar-refractivity contribution in [2.24, 2.45) is 4.99 Å². The van der Waals surface area contributed by atoms with Gasteiger partial charge in [0.05, 0.1) is 0 Å². The van der Waals surface area contributed by atoms with Gasteiger partial charge in [-0.3, -0.25) is 9.89 Å². The van der Waals surface area contributed by atoms with E-state index in [2.05, 4.69) is 75.9 Å². The molecule has 1 unspecified atom stereocenters. The number of hydrogen-bond acceptors (Lipinski definition) is 4. The predicted octanol–water partition coefficient (Wildman–Crippen LogP) is 3.34. The number of halogens is 1. The van der Waals surface area contributed by atoms with Crippen LogP contribution < -0.4 is 15.5 Å². The lowest BCUT2D eigenvalue weighted by Gasteiger charge is -2.25. The minimum atomic E-state index is 0. The van der Waals surface area contributed by atoms with Crippen molar-refractivity contribution in [2.75, 3.05) is 39.6 Å². The first-order valence-electron chi connectivity index (χ1n) is 9.80. The lowest BCUT2D eigenvalue weighted by molar-refractivity contribution is 0.238. The third-order valence-electron chi connectivity index (χ3n) is 4.83. The van der Waals surface area contributed by atoms with Gasteiger partial charge in [-0.1, -0.05) is 30.3 Å². The van der Waals surface area contributed by atoms with E-state index in [4.69, 9.17) is 0 Å². The normalized spacial score (nSPS) is 12.3. The minimum Gasteiger partial charge on any atom is -0.363 e. The molecule has 29 heavy (non-hydrogen) atoms. The molecule has 2 rings (SSSR count). The van der Waals surface area contributed by atoms with Crippen LogP contribution in [-0.4, -0.2) is 56.6 Å². The number of aromatic nitrogens is 1. The first-order valence-corrected chi connectivity index (χ1v) is 9.80. The smallest absolute Gasteiger partial charge is 0.191 e. The zero-order valence-electron chi connectivity index (χ0n) is 18.2. The van der Waals surface area contributed by atoms with Crippen molar-refractivity contribution in [3.63, 3.8) is 0 Å². The third kappa shape index (κ3) is 8.99. The maximum Gasteiger partial charge on any atom is 0.191 e. The van der Waals surface area contributed by atoms with Crippen molar-refractivity contribution in [1.29, 1.82) is 0 Å². The number of anilines is 1. The number of benzene rings is 1. The van der Waals surface area contributed by atoms with Crippen LogP contribution in [0.5, 0.6) is 0 Å². The Labute approximate surface area is 192 Å². The van der Waals surface area contributed by atoms with E-state index in [9.17, 15) is 0 Å². The van der Waals surface area contributed by atoms with Crippen molar-refractivity contribution in [2.45, 2.75) is 32.5 Å². The summed E-state index contributed by atoms with van der Waals surface area (Å²) in [5.74, 6) is 1.78. The van der Waals surface area contributed by atoms with Gasteiger partial charge >= 0.3 is 0 Å². The molecule has 1 heterocycles. The SMILES string of the molecule is CN=C(NCCC(C)N(C)Cc1ccccc1)NCc1ccnc(N(C)C)c1.I. The van der Waals surface area contributed by atoms with Crippen LogP contribution in [0.15, 0.2) is 53.7 Å². The highest BCUT2D eigenvalue weighted by molar-refractivity contribution is 14.0. The van der Waals surface area contributed by atoms with Crippen molar-refractivity contribution < 1.29 is 0 Å². The van der Waals surface area contributed by atoms with Crippen LogP contribution in [0.25, 0.3) is 0 Å². The van der Waals surface area contributed by atoms with Gasteiger partial charge in [-0.2, -0.15) is 0 Å². The van der Waals surface area contributed by atoms with E-state index >= 15 is 0 Å². The van der Waals surface area contributed by atoms with Crippen LogP contribution in [0.3, 0.4) is 0 Å². The molecule has 1 aromatic carbocycles. The van der Waals surface area contributed by atoms with Gasteiger partial charge in [0.1, 0.15) is 5.82 Å². The summed E-state index contributed by atoms with van der Waals surface area (Å²) in [5.41, 5.74) is 2.52. The summed E-state index contributed by atoms with van der Waals surface area (Å²) in [6.07, 6.45) is 2.89. The molecule has 0 aliphatic heterocycles. The standard InChI is InChI=1S/C22H34N6.HI/c1-18(28(5)17-19-9-7-6-8-10-19)11-13-25-22(23-2)26-16-20-12-14-24-21(15-20)27(3)4;/h6-10,12,14-15,18H,11,13,16-17H2,1-5H3,(H2,23,25,26);1H. The van der Waals surface area contributed by atoms with Crippen molar-refractivity contribution in [3.05, 3.63) is 59.8 Å². The van der Waals surface area contributed by atoms with E-state index in [1.54, 1.807) is 7.05 Å². The summed E-state index contributed by atoms with van der Waals surface area (Å²) in [7, 11) is 7.97. The van der Waals surface area contributed by atoms with Crippen molar-refractivity contribution in [1.82, 2.24) is 20.5 Å². The fraction of sp³-hybridized carbons (Fsp3) is 0.455. The molecule has 0 amide bonds. The van der Waals surface area contributed by atoms with Crippen LogP contribution >= 0.6 is 24.0 Å². The largest absolute Gasteiger partial charge is 0.363 e. The Hall–Kier alpha value is -1.87. The van der Waals surface area contributed by atoms with Gasteiger partial charge in [-0.05, 0) is 43.7 Å². The highest BCUT2D eigenvalue weighted by Gasteiger charge is 2.10. The van der Waals surface area contributed by atoms with Gasteiger partial charge < -0.3 is 15.5 Å². The molecule has 7 heteroatoms. The average Bonchev–Trinajstić information content (AvgIpc) is 2.71. The van der Waals surface area contributed by atoms with Crippen LogP contribution in [0.2, 0.25) is 0 Å². The van der Waals surface area contributed by atoms with Crippen LogP contribution in [0.4, 0.5) is 5.82 Å². The lowest BCUT2D eigenvalue weighted by Crippen LogP contribution is -2.39. The number of guanidine groups is 1. The van der Waals surface area contributed by atoms with Gasteiger partial charge in [-0.15, -0.1) is 24.0 Å². The van der Waals surface area contributed by atoms with Gasteiger partial charge in [-0.25, -0.2) is 4.98 Å². The van der Waals surface area contributed by atoms with Crippen molar-refractivity contribution >= 4 is 35.8 Å². The van der Waals surface area contributed by atoms with Crippen LogP contribution in [-0.2, 0) is 13.1 Å². The molecule has 0 aliphatic rings. The monoisotopic (exact) mass is 510 g/mol. The number of aliphatic imine (C=N–C) groups is 1. The Kier molecular flexibility index (Phi) is 11.6. The van der Waals surface area contributed by atoms with Crippen LogP contribution in [0, 0.1) is 0 Å². The molecular formula is C22H35IN6. The summed E-state index contributed by atoms with van der Waals surface area (Å²) in [6, 6.07) is 15.2. The van der Waals surface area contributed by atoms with E-state index in [1.165, 1.54) is 11.1 Å². The number of nitrogens with zero attached hydrogens (tertiary/aromatic N) is 4. The molecule has 0 bridgehead atoms. The number of hydrogen-bond donors (Lipinski definition) is 2. The summed E-state index contributed by atoms with van der Waals surface area (Å²) >= 11 is 0. The second-order valence-corrected chi connectivity index (χ2v) is 7.31. The first kappa shape index (κ1) is 25.2. The quantitative estimate of drug-likeness (QED) is 0.308. The van der Waals surface area contributed by atoms with Gasteiger partial charge in [0, 0.05) is 53.0 Å². The van der Waals surface area contributed by atoms with Gasteiger partial charge in [0.2, 0.25) is 0 Å². The van der Waals surface area contributed by atoms with Gasteiger partial charge in [0.25, 0.3) is 0 Å². The molecule has 160 valence electrons. The average molecular weight is 510 g/mol. The molecule has 1 aromatic heterocycles. The Morgan fingerprint density at radius 2 is 1.79 bits per heavy atom. The highest BCUT2D eigenvalue weighted by atomic mass is 127. The molecule has 0 saturated heterocycles. The number of nitrogens with one attached hydrogen (secondary N) is 2. The summed E-state index contributed by atoms with van der Waals surface area (Å²) < 4.78 is 0. The molecule has 0 radical (unpaired) electrons. The van der Waals surface area contributed by atoms with E-state index in [1.807, 2.05) is 31.3 Å². The first-order chi connectivity index (χ1) is 13.5. The Morgan fingerprint density at radius 3 is 2.45 bits per heavy atom. The summed E-state index contributed by atoms with van der Waals surface area (Å²) in [4.78, 5) is 13.1. The maximum absolute atomic E-state index is 4.35. The Bertz CT molecular complexity index is 735. The fourth-order valence-electron chi connectivity index (χ4n) is 2.87. The topological polar surface area (TPSA) is 55.8 Å². The lowest BCUT2D eigenvalue weighted by atomic mass is 10.1. The molecule has 0 aliphatic carbocycles. The highest BCUT2D eigenvalue weighted by Crippen LogP contribution is 2.09. The fourth-order valence-corrected chi connectivity index (χ4v) is 2.87. The Balaban J connectivity index is 0.00000420. The van der Waals surface area contributed by atoms with Gasteiger partial charge in [0.15, 0.2) is 5.96 Å². The number of rotatable bonds is 9. The zero-order chi connectivity index (χ0) is 20.4. The van der Waals surface area contributed by atoms with Crippen molar-refractivity contribution in [3.8, 4) is 0 Å². The molecule has 2 N–H and O–H groups in total. The third-order valence-corrected chi connectivity index (χ3v) is 4.83. The minimum absolute atomic E-state index is 0. The zero-order valence-corrected chi connectivity index (χ0v) is 20.6. The second-order valence-electron chi connectivity index (χ2n) is 7.31. The molecule has 0 fully saturated rings. The van der Waals surface area contributed by atoms with E-state index in [0.717, 1.165) is 31.3 Å². The molecule has 6 nitrogen and oxygen atoms in total.